The van der Waals surface area contributed by atoms with E-state index in [4.69, 9.17) is 23.1 Å². The summed E-state index contributed by atoms with van der Waals surface area (Å²) in [7, 11) is 0. The average molecular weight is 249 g/mol. The second kappa shape index (κ2) is 7.94. The molecule has 1 rings (SSSR count). The molecule has 4 N–H and O–H groups in total. The first-order valence-corrected chi connectivity index (χ1v) is 5.33. The molecule has 0 heterocycles. The highest BCUT2D eigenvalue weighted by Gasteiger charge is 2.08. The molecule has 2 nitrogen and oxygen atoms in total. The van der Waals surface area contributed by atoms with E-state index >= 15 is 0 Å². The van der Waals surface area contributed by atoms with Crippen molar-refractivity contribution in [3.63, 3.8) is 0 Å². The van der Waals surface area contributed by atoms with E-state index in [-0.39, 0.29) is 18.4 Å². The van der Waals surface area contributed by atoms with Crippen LogP contribution in [-0.4, -0.2) is 6.54 Å². The molecule has 1 aromatic rings. The van der Waals surface area contributed by atoms with Gasteiger partial charge in [0.2, 0.25) is 0 Å². The quantitative estimate of drug-likeness (QED) is 0.788. The van der Waals surface area contributed by atoms with Crippen LogP contribution < -0.4 is 11.5 Å². The predicted molar refractivity (Wildman–Crippen MR) is 68.5 cm³/mol. The topological polar surface area (TPSA) is 52.0 Å². The summed E-state index contributed by atoms with van der Waals surface area (Å²) < 4.78 is 0. The Morgan fingerprint density at radius 3 is 2.47 bits per heavy atom. The maximum absolute atomic E-state index is 6.03. The number of unbranched alkanes of at least 4 members (excludes halogenated alkanes) is 1. The largest absolute Gasteiger partial charge is 0.330 e. The highest BCUT2D eigenvalue weighted by Crippen LogP contribution is 2.24. The monoisotopic (exact) mass is 248 g/mol. The van der Waals surface area contributed by atoms with Crippen LogP contribution in [-0.2, 0) is 0 Å². The molecule has 0 aromatic heterocycles. The molecule has 1 atom stereocenters. The highest BCUT2D eigenvalue weighted by molar-refractivity contribution is 6.31. The van der Waals surface area contributed by atoms with Crippen molar-refractivity contribution >= 4 is 24.0 Å². The molecule has 0 fully saturated rings. The molecule has 0 saturated carbocycles. The molecule has 0 aliphatic rings. The number of benzene rings is 1. The maximum atomic E-state index is 6.03. The van der Waals surface area contributed by atoms with Gasteiger partial charge < -0.3 is 11.5 Å². The third-order valence-corrected chi connectivity index (χ3v) is 2.62. The van der Waals surface area contributed by atoms with Crippen molar-refractivity contribution < 1.29 is 0 Å². The van der Waals surface area contributed by atoms with Gasteiger partial charge in [0, 0.05) is 11.1 Å². The van der Waals surface area contributed by atoms with E-state index in [9.17, 15) is 0 Å². The third-order valence-electron chi connectivity index (χ3n) is 2.27. The summed E-state index contributed by atoms with van der Waals surface area (Å²) in [6.45, 7) is 0.731. The van der Waals surface area contributed by atoms with Crippen LogP contribution in [0.25, 0.3) is 0 Å². The molecular formula is C11H18Cl2N2. The summed E-state index contributed by atoms with van der Waals surface area (Å²) in [5.41, 5.74) is 12.5. The van der Waals surface area contributed by atoms with Gasteiger partial charge in [-0.2, -0.15) is 0 Å². The van der Waals surface area contributed by atoms with Crippen molar-refractivity contribution in [2.24, 2.45) is 11.5 Å². The SMILES string of the molecule is Cl.NCCCC[C@@H](N)c1ccccc1Cl. The molecular weight excluding hydrogens is 231 g/mol. The molecule has 4 heteroatoms. The second-order valence-electron chi connectivity index (χ2n) is 3.41. The predicted octanol–water partition coefficient (Wildman–Crippen LogP) is 2.89. The van der Waals surface area contributed by atoms with Gasteiger partial charge in [-0.25, -0.2) is 0 Å². The van der Waals surface area contributed by atoms with Gasteiger partial charge >= 0.3 is 0 Å². The Morgan fingerprint density at radius 2 is 1.87 bits per heavy atom. The molecule has 15 heavy (non-hydrogen) atoms. The van der Waals surface area contributed by atoms with Crippen molar-refractivity contribution in [2.45, 2.75) is 25.3 Å². The summed E-state index contributed by atoms with van der Waals surface area (Å²) in [5.74, 6) is 0. The number of halogens is 2. The van der Waals surface area contributed by atoms with E-state index in [1.54, 1.807) is 0 Å². The van der Waals surface area contributed by atoms with Gasteiger partial charge in [0.05, 0.1) is 0 Å². The van der Waals surface area contributed by atoms with Gasteiger partial charge in [-0.3, -0.25) is 0 Å². The normalized spacial score (nSPS) is 11.9. The lowest BCUT2D eigenvalue weighted by atomic mass is 10.0. The minimum Gasteiger partial charge on any atom is -0.330 e. The number of nitrogens with two attached hydrogens (primary N) is 2. The number of hydrogen-bond acceptors (Lipinski definition) is 2. The Labute approximate surface area is 102 Å². The molecule has 1 aromatic carbocycles. The minimum atomic E-state index is 0. The lowest BCUT2D eigenvalue weighted by Crippen LogP contribution is -2.11. The van der Waals surface area contributed by atoms with E-state index in [0.29, 0.717) is 0 Å². The van der Waals surface area contributed by atoms with E-state index in [1.165, 1.54) is 0 Å². The van der Waals surface area contributed by atoms with Crippen molar-refractivity contribution in [1.29, 1.82) is 0 Å². The fourth-order valence-corrected chi connectivity index (χ4v) is 1.72. The lowest BCUT2D eigenvalue weighted by Gasteiger charge is -2.12. The molecule has 86 valence electrons. The first-order valence-electron chi connectivity index (χ1n) is 4.95. The fraction of sp³-hybridized carbons (Fsp3) is 0.455. The molecule has 0 spiro atoms. The maximum Gasteiger partial charge on any atom is 0.0453 e. The Bertz CT molecular complexity index is 279. The van der Waals surface area contributed by atoms with E-state index in [0.717, 1.165) is 36.4 Å². The fourth-order valence-electron chi connectivity index (χ4n) is 1.44. The number of rotatable bonds is 5. The summed E-state index contributed by atoms with van der Waals surface area (Å²) in [6.07, 6.45) is 3.03. The van der Waals surface area contributed by atoms with Crippen LogP contribution in [0.15, 0.2) is 24.3 Å². The average Bonchev–Trinajstić information content (AvgIpc) is 2.18. The van der Waals surface area contributed by atoms with Crippen molar-refractivity contribution in [1.82, 2.24) is 0 Å². The van der Waals surface area contributed by atoms with Crippen LogP contribution in [0.3, 0.4) is 0 Å². The van der Waals surface area contributed by atoms with Crippen LogP contribution in [0.5, 0.6) is 0 Å². The molecule has 0 saturated heterocycles. The van der Waals surface area contributed by atoms with E-state index < -0.39 is 0 Å². The summed E-state index contributed by atoms with van der Waals surface area (Å²) >= 11 is 6.03. The van der Waals surface area contributed by atoms with Crippen molar-refractivity contribution in [2.75, 3.05) is 6.54 Å². The first kappa shape index (κ1) is 14.7. The summed E-state index contributed by atoms with van der Waals surface area (Å²) in [6, 6.07) is 7.77. The Balaban J connectivity index is 0.00000196. The Morgan fingerprint density at radius 1 is 1.20 bits per heavy atom. The second-order valence-corrected chi connectivity index (χ2v) is 3.82. The third kappa shape index (κ3) is 4.85. The van der Waals surface area contributed by atoms with E-state index in [1.807, 2.05) is 24.3 Å². The molecule has 0 amide bonds. The van der Waals surface area contributed by atoms with Gasteiger partial charge in [-0.05, 0) is 31.0 Å². The first-order chi connectivity index (χ1) is 6.75. The zero-order chi connectivity index (χ0) is 10.4. The van der Waals surface area contributed by atoms with Gasteiger partial charge in [0.15, 0.2) is 0 Å². The van der Waals surface area contributed by atoms with Crippen LogP contribution >= 0.6 is 24.0 Å². The molecule has 0 radical (unpaired) electrons. The van der Waals surface area contributed by atoms with Gasteiger partial charge in [0.1, 0.15) is 0 Å². The smallest absolute Gasteiger partial charge is 0.0453 e. The lowest BCUT2D eigenvalue weighted by molar-refractivity contribution is 0.591. The zero-order valence-corrected chi connectivity index (χ0v) is 10.2. The van der Waals surface area contributed by atoms with Crippen molar-refractivity contribution in [3.05, 3.63) is 34.9 Å². The molecule has 0 bridgehead atoms. The molecule has 0 aliphatic heterocycles. The van der Waals surface area contributed by atoms with Gasteiger partial charge in [0.25, 0.3) is 0 Å². The standard InChI is InChI=1S/C11H17ClN2.ClH/c12-10-6-2-1-5-9(10)11(14)7-3-4-8-13;/h1-2,5-6,11H,3-4,7-8,13-14H2;1H/t11-;/m1./s1. The summed E-state index contributed by atoms with van der Waals surface area (Å²) in [4.78, 5) is 0. The van der Waals surface area contributed by atoms with Gasteiger partial charge in [-0.1, -0.05) is 36.2 Å². The highest BCUT2D eigenvalue weighted by atomic mass is 35.5. The van der Waals surface area contributed by atoms with Crippen LogP contribution in [0.4, 0.5) is 0 Å². The van der Waals surface area contributed by atoms with Crippen molar-refractivity contribution in [3.8, 4) is 0 Å². The van der Waals surface area contributed by atoms with Crippen LogP contribution in [0, 0.1) is 0 Å². The van der Waals surface area contributed by atoms with E-state index in [2.05, 4.69) is 0 Å². The minimum absolute atomic E-state index is 0. The molecule has 0 unspecified atom stereocenters. The zero-order valence-electron chi connectivity index (χ0n) is 8.66. The Hall–Kier alpha value is -0.280. The summed E-state index contributed by atoms with van der Waals surface area (Å²) in [5, 5.41) is 0.757. The Kier molecular flexibility index (Phi) is 7.79. The number of hydrogen-bond donors (Lipinski definition) is 2. The van der Waals surface area contributed by atoms with Gasteiger partial charge in [-0.15, -0.1) is 12.4 Å². The van der Waals surface area contributed by atoms with Crippen LogP contribution in [0.1, 0.15) is 30.9 Å². The van der Waals surface area contributed by atoms with Crippen LogP contribution in [0.2, 0.25) is 5.02 Å². The molecule has 0 aliphatic carbocycles.